The molecule has 62 valence electrons. The Morgan fingerprint density at radius 1 is 1.00 bits per heavy atom. The van der Waals surface area contributed by atoms with Crippen LogP contribution in [0.25, 0.3) is 4.98 Å². The van der Waals surface area contributed by atoms with Gasteiger partial charge in [0.1, 0.15) is 0 Å². The van der Waals surface area contributed by atoms with Crippen molar-refractivity contribution in [3.63, 3.8) is 0 Å². The lowest BCUT2D eigenvalue weighted by Crippen LogP contribution is -1.88. The van der Waals surface area contributed by atoms with Gasteiger partial charge in [0.25, 0.3) is 0 Å². The van der Waals surface area contributed by atoms with Crippen LogP contribution in [-0.2, 0) is 0 Å². The fourth-order valence-electron chi connectivity index (χ4n) is 1.42. The van der Waals surface area contributed by atoms with E-state index >= 15 is 0 Å². The van der Waals surface area contributed by atoms with Crippen LogP contribution in [-0.4, -0.2) is 0 Å². The summed E-state index contributed by atoms with van der Waals surface area (Å²) in [6.07, 6.45) is 0. The molecule has 0 N–H and O–H groups in total. The van der Waals surface area contributed by atoms with Gasteiger partial charge in [-0.1, -0.05) is 0 Å². The zero-order valence-electron chi connectivity index (χ0n) is 7.97. The van der Waals surface area contributed by atoms with Crippen molar-refractivity contribution in [2.24, 2.45) is 0 Å². The third-order valence-electron chi connectivity index (χ3n) is 2.42. The standard InChI is InChI=1S/C10H13N2/c1-6-5-7(2)10(12-11)9(4)8(6)3/h5H,1-4H3/q+1. The van der Waals surface area contributed by atoms with Crippen LogP contribution in [0.15, 0.2) is 6.07 Å². The average Bonchev–Trinajstić information content (AvgIpc) is 2.01. The molecule has 0 fully saturated rings. The molecule has 0 saturated heterocycles. The first kappa shape index (κ1) is 8.73. The van der Waals surface area contributed by atoms with E-state index in [0.29, 0.717) is 5.69 Å². The molecule has 0 aromatic heterocycles. The monoisotopic (exact) mass is 161 g/mol. The van der Waals surface area contributed by atoms with Gasteiger partial charge in [-0.25, -0.2) is 0 Å². The molecule has 0 radical (unpaired) electrons. The highest BCUT2D eigenvalue weighted by atomic mass is 14.9. The molecular weight excluding hydrogens is 148 g/mol. The summed E-state index contributed by atoms with van der Waals surface area (Å²) in [6, 6.07) is 2.04. The molecule has 0 atom stereocenters. The Labute approximate surface area is 72.9 Å². The van der Waals surface area contributed by atoms with Gasteiger partial charge in [-0.2, -0.15) is 0 Å². The third kappa shape index (κ3) is 1.18. The highest BCUT2D eigenvalue weighted by Gasteiger charge is 2.17. The van der Waals surface area contributed by atoms with Crippen molar-refractivity contribution < 1.29 is 0 Å². The first-order chi connectivity index (χ1) is 5.57. The maximum absolute atomic E-state index is 8.74. The molecule has 0 unspecified atom stereocenters. The summed E-state index contributed by atoms with van der Waals surface area (Å²) in [6.45, 7) is 8.04. The van der Waals surface area contributed by atoms with Crippen LogP contribution in [0, 0.1) is 33.1 Å². The molecule has 0 heterocycles. The molecule has 0 amide bonds. The molecular formula is C10H13N2+. The number of hydrogen-bond donors (Lipinski definition) is 0. The second-order valence-electron chi connectivity index (χ2n) is 3.21. The minimum Gasteiger partial charge on any atom is -0.0480 e. The van der Waals surface area contributed by atoms with Crippen LogP contribution in [0.1, 0.15) is 22.3 Å². The Morgan fingerprint density at radius 3 is 2.08 bits per heavy atom. The van der Waals surface area contributed by atoms with Crippen molar-refractivity contribution in [3.8, 4) is 0 Å². The summed E-state index contributed by atoms with van der Waals surface area (Å²) in [5.74, 6) is 0. The van der Waals surface area contributed by atoms with Gasteiger partial charge in [0.2, 0.25) is 5.39 Å². The number of hydrogen-bond acceptors (Lipinski definition) is 1. The summed E-state index contributed by atoms with van der Waals surface area (Å²) < 4.78 is 0. The molecule has 0 aliphatic rings. The van der Waals surface area contributed by atoms with Crippen molar-refractivity contribution >= 4 is 5.69 Å². The van der Waals surface area contributed by atoms with Gasteiger partial charge in [-0.3, -0.25) is 0 Å². The number of diazo groups is 1. The molecule has 0 spiro atoms. The number of benzene rings is 1. The van der Waals surface area contributed by atoms with E-state index in [1.54, 1.807) is 0 Å². The molecule has 12 heavy (non-hydrogen) atoms. The zero-order chi connectivity index (χ0) is 9.30. The molecule has 2 heteroatoms. The van der Waals surface area contributed by atoms with E-state index in [2.05, 4.69) is 11.9 Å². The van der Waals surface area contributed by atoms with Crippen LogP contribution in [0.3, 0.4) is 0 Å². The molecule has 1 aromatic carbocycles. The Balaban J connectivity index is 3.54. The molecule has 0 aliphatic carbocycles. The predicted molar refractivity (Wildman–Crippen MR) is 50.1 cm³/mol. The van der Waals surface area contributed by atoms with Gasteiger partial charge in [0, 0.05) is 11.1 Å². The van der Waals surface area contributed by atoms with E-state index < -0.39 is 0 Å². The number of rotatable bonds is 0. The molecule has 2 nitrogen and oxygen atoms in total. The van der Waals surface area contributed by atoms with Crippen molar-refractivity contribution in [1.29, 1.82) is 5.39 Å². The molecule has 0 saturated carbocycles. The van der Waals surface area contributed by atoms with Gasteiger partial charge < -0.3 is 0 Å². The van der Waals surface area contributed by atoms with Gasteiger partial charge in [-0.15, -0.1) is 0 Å². The first-order valence-electron chi connectivity index (χ1n) is 4.00. The second kappa shape index (κ2) is 2.94. The minimum atomic E-state index is 0.707. The maximum atomic E-state index is 8.74. The number of nitrogens with zero attached hydrogens (tertiary/aromatic N) is 2. The van der Waals surface area contributed by atoms with Crippen molar-refractivity contribution in [1.82, 2.24) is 0 Å². The van der Waals surface area contributed by atoms with E-state index in [4.69, 9.17) is 5.39 Å². The Hall–Kier alpha value is -1.36. The molecule has 0 bridgehead atoms. The molecule has 1 aromatic rings. The summed E-state index contributed by atoms with van der Waals surface area (Å²) in [7, 11) is 0. The van der Waals surface area contributed by atoms with Gasteiger partial charge in [0.05, 0.1) is 0 Å². The van der Waals surface area contributed by atoms with E-state index in [0.717, 1.165) is 11.1 Å². The Morgan fingerprint density at radius 2 is 1.58 bits per heavy atom. The van der Waals surface area contributed by atoms with E-state index in [1.807, 2.05) is 26.8 Å². The Bertz CT molecular complexity index is 359. The van der Waals surface area contributed by atoms with E-state index in [1.165, 1.54) is 11.1 Å². The minimum absolute atomic E-state index is 0.707. The van der Waals surface area contributed by atoms with Crippen LogP contribution < -0.4 is 0 Å². The lowest BCUT2D eigenvalue weighted by molar-refractivity contribution is 1.24. The van der Waals surface area contributed by atoms with E-state index in [-0.39, 0.29) is 0 Å². The van der Waals surface area contributed by atoms with Crippen molar-refractivity contribution in [2.75, 3.05) is 0 Å². The number of aryl methyl sites for hydroxylation is 2. The Kier molecular flexibility index (Phi) is 2.14. The normalized spacial score (nSPS) is 9.58. The fraction of sp³-hybridized carbons (Fsp3) is 0.400. The lowest BCUT2D eigenvalue weighted by atomic mass is 9.99. The molecule has 0 aliphatic heterocycles. The van der Waals surface area contributed by atoms with Gasteiger partial charge >= 0.3 is 5.69 Å². The SMILES string of the molecule is Cc1cc(C)c([N+]#N)c(C)c1C. The highest BCUT2D eigenvalue weighted by molar-refractivity contribution is 5.61. The van der Waals surface area contributed by atoms with Crippen molar-refractivity contribution in [2.45, 2.75) is 27.7 Å². The third-order valence-corrected chi connectivity index (χ3v) is 2.42. The van der Waals surface area contributed by atoms with Crippen LogP contribution in [0.4, 0.5) is 5.69 Å². The second-order valence-corrected chi connectivity index (χ2v) is 3.21. The first-order valence-corrected chi connectivity index (χ1v) is 4.00. The summed E-state index contributed by atoms with van der Waals surface area (Å²) >= 11 is 0. The smallest absolute Gasteiger partial charge is 0.0480 e. The largest absolute Gasteiger partial charge is 0.391 e. The van der Waals surface area contributed by atoms with Crippen molar-refractivity contribution in [3.05, 3.63) is 33.3 Å². The lowest BCUT2D eigenvalue weighted by Gasteiger charge is -2.02. The topological polar surface area (TPSA) is 28.1 Å². The van der Waals surface area contributed by atoms with Crippen LogP contribution >= 0.6 is 0 Å². The fourth-order valence-corrected chi connectivity index (χ4v) is 1.42. The average molecular weight is 161 g/mol. The summed E-state index contributed by atoms with van der Waals surface area (Å²) in [5, 5.41) is 8.74. The van der Waals surface area contributed by atoms with Gasteiger partial charge in [-0.05, 0) is 44.9 Å². The predicted octanol–water partition coefficient (Wildman–Crippen LogP) is 3.40. The van der Waals surface area contributed by atoms with Gasteiger partial charge in [0.15, 0.2) is 4.98 Å². The molecule has 1 rings (SSSR count). The maximum Gasteiger partial charge on any atom is 0.391 e. The summed E-state index contributed by atoms with van der Waals surface area (Å²) in [5.41, 5.74) is 5.25. The zero-order valence-corrected chi connectivity index (χ0v) is 7.97. The van der Waals surface area contributed by atoms with Crippen LogP contribution in [0.2, 0.25) is 0 Å². The quantitative estimate of drug-likeness (QED) is 0.536. The van der Waals surface area contributed by atoms with Crippen LogP contribution in [0.5, 0.6) is 0 Å². The van der Waals surface area contributed by atoms with E-state index in [9.17, 15) is 0 Å². The summed E-state index contributed by atoms with van der Waals surface area (Å²) in [4.78, 5) is 3.27. The highest BCUT2D eigenvalue weighted by Crippen LogP contribution is 2.28.